The van der Waals surface area contributed by atoms with E-state index in [0.717, 1.165) is 140 Å². The summed E-state index contributed by atoms with van der Waals surface area (Å²) in [4.78, 5) is 24.8. The van der Waals surface area contributed by atoms with E-state index in [-0.39, 0.29) is 127 Å². The van der Waals surface area contributed by atoms with Crippen molar-refractivity contribution in [1.29, 1.82) is 0 Å². The Labute approximate surface area is 617 Å². The van der Waals surface area contributed by atoms with Gasteiger partial charge in [-0.05, 0) is 125 Å². The number of aliphatic hydroxyl groups is 2. The largest absolute Gasteiger partial charge is 1.00 e. The van der Waals surface area contributed by atoms with Crippen molar-refractivity contribution in [3.8, 4) is 5.75 Å². The average molecular weight is 1350 g/mol. The van der Waals surface area contributed by atoms with Crippen molar-refractivity contribution in [2.45, 2.75) is 199 Å². The van der Waals surface area contributed by atoms with Crippen LogP contribution >= 0.6 is 0 Å². The van der Waals surface area contributed by atoms with Gasteiger partial charge >= 0.3 is 51.4 Å². The van der Waals surface area contributed by atoms with Crippen LogP contribution in [0.2, 0.25) is 0 Å². The summed E-state index contributed by atoms with van der Waals surface area (Å²) in [5.74, 6) is 2.77. The van der Waals surface area contributed by atoms with Crippen molar-refractivity contribution in [3.05, 3.63) is 162 Å². The summed E-state index contributed by atoms with van der Waals surface area (Å²) in [5.41, 5.74) is 4.10. The van der Waals surface area contributed by atoms with Gasteiger partial charge in [0.2, 0.25) is 6.29 Å². The van der Waals surface area contributed by atoms with Crippen LogP contribution in [0.4, 0.5) is 0 Å². The second-order valence-electron chi connectivity index (χ2n) is 22.1. The standard InChI is InChI=1S/C36H54O4.C15H12O3.C6H10O2.C6H14O2.C6H13O2.C4H8O.6CH4.K/c1-4-27-40-29-33(12-9-10-28-39-3)21-17-30(5-2)16-18-31(13-11-26-37)19-20-32-22-24-35(25-23-32)36(38)34-14-7-6-8-15-34;16-15(11-4-2-1-3-5-11)12-6-8-13(9-7-12)18-14-10-17-14;1-2-3-7-4-6-5-8-6;2*1-8-6-4-2-3-5-7;1-2-4-3-5-4;;;;;;;/h4,6-8,14-15,22-25,30-31,33,37H,1,5,9-13,16-21,26-29H2,2-3H3;1-9,14H,10H2;2,6H,1,3-5H2;7H,2-6H2,1H3;2-6H2,1H3;4H,2-3H2,1H3;6*1H4;/q;;;;-1;;;;;;;;+1. The molecule has 3 fully saturated rings. The number of carbonyl (C=O) groups is 2. The third kappa shape index (κ3) is 55.7. The van der Waals surface area contributed by atoms with Gasteiger partial charge in [-0.15, -0.1) is 19.8 Å². The molecule has 3 aliphatic rings. The number of carbonyl (C=O) groups excluding carboxylic acids is 2. The van der Waals surface area contributed by atoms with Gasteiger partial charge in [-0.25, -0.2) is 0 Å². The van der Waals surface area contributed by atoms with Gasteiger partial charge in [0.15, 0.2) is 11.6 Å². The van der Waals surface area contributed by atoms with E-state index < -0.39 is 0 Å². The molecule has 94 heavy (non-hydrogen) atoms. The Morgan fingerprint density at radius 2 is 0.957 bits per heavy atom. The Morgan fingerprint density at radius 1 is 0.521 bits per heavy atom. The van der Waals surface area contributed by atoms with Gasteiger partial charge in [0.25, 0.3) is 0 Å². The summed E-state index contributed by atoms with van der Waals surface area (Å²) in [6, 6.07) is 34.0. The molecule has 0 spiro atoms. The summed E-state index contributed by atoms with van der Waals surface area (Å²) in [6.45, 7) is 20.2. The summed E-state index contributed by atoms with van der Waals surface area (Å²) in [6.07, 6.45) is 25.3. The number of hydrogen-bond donors (Lipinski definition) is 2. The Morgan fingerprint density at radius 3 is 1.38 bits per heavy atom. The minimum atomic E-state index is -0.110. The normalized spacial score (nSPS) is 14.7. The minimum Gasteiger partial charge on any atom is -0.854 e. The van der Waals surface area contributed by atoms with Crippen molar-refractivity contribution in [2.24, 2.45) is 17.8 Å². The Hall–Kier alpha value is -3.30. The van der Waals surface area contributed by atoms with Crippen LogP contribution in [0.1, 0.15) is 211 Å². The number of benzene rings is 4. The molecule has 3 heterocycles. The quantitative estimate of drug-likeness (QED) is 0.0140. The Balaban J connectivity index is -0.000000294. The minimum absolute atomic E-state index is 0. The van der Waals surface area contributed by atoms with Gasteiger partial charge in [-0.2, -0.15) is 0 Å². The first-order valence-electron chi connectivity index (χ1n) is 32.2. The average Bonchev–Trinajstić information content (AvgIpc) is 1.80. The van der Waals surface area contributed by atoms with Crippen molar-refractivity contribution in [2.75, 3.05) is 107 Å². The number of aliphatic hydroxyl groups excluding tert-OH is 2. The number of ether oxygens (including phenoxy) is 9. The van der Waals surface area contributed by atoms with Crippen molar-refractivity contribution in [3.63, 3.8) is 0 Å². The molecule has 7 rings (SSSR count). The Kier molecular flexibility index (Phi) is 76.8. The fraction of sp³-hybridized carbons (Fsp3) is 0.620. The number of ketones is 2. The maximum atomic E-state index is 12.7. The van der Waals surface area contributed by atoms with E-state index in [4.69, 9.17) is 47.7 Å². The van der Waals surface area contributed by atoms with Gasteiger partial charge in [-0.3, -0.25) is 9.59 Å². The number of hydrogen-bond acceptors (Lipinski definition) is 14. The first-order chi connectivity index (χ1) is 42.6. The zero-order valence-electron chi connectivity index (χ0n) is 54.8. The van der Waals surface area contributed by atoms with E-state index in [0.29, 0.717) is 61.6 Å². The molecule has 15 heteroatoms. The van der Waals surface area contributed by atoms with Crippen LogP contribution in [0.25, 0.3) is 0 Å². The molecule has 0 bridgehead atoms. The topological polar surface area (TPSA) is 191 Å². The van der Waals surface area contributed by atoms with E-state index in [2.05, 4.69) is 39.1 Å². The first-order valence-corrected chi connectivity index (χ1v) is 32.2. The fourth-order valence-electron chi connectivity index (χ4n) is 9.08. The molecule has 6 atom stereocenters. The van der Waals surface area contributed by atoms with E-state index in [1.54, 1.807) is 51.7 Å². The van der Waals surface area contributed by atoms with Gasteiger partial charge in [0.1, 0.15) is 18.5 Å². The molecular formula is C79H135KO14. The number of unbranched alkanes of at least 4 members (excludes halogenated alkanes) is 5. The van der Waals surface area contributed by atoms with Crippen LogP contribution in [0.15, 0.2) is 135 Å². The molecule has 0 amide bonds. The zero-order chi connectivity index (χ0) is 63.2. The van der Waals surface area contributed by atoms with Gasteiger partial charge in [0.05, 0.1) is 39.1 Å². The second-order valence-corrected chi connectivity index (χ2v) is 22.1. The molecule has 3 aliphatic heterocycles. The van der Waals surface area contributed by atoms with Crippen LogP contribution in [0, 0.1) is 17.8 Å². The van der Waals surface area contributed by atoms with E-state index in [1.807, 2.05) is 78.9 Å². The van der Waals surface area contributed by atoms with Crippen LogP contribution < -0.4 is 61.2 Å². The third-order valence-corrected chi connectivity index (χ3v) is 14.7. The summed E-state index contributed by atoms with van der Waals surface area (Å²) in [5, 5.41) is 27.7. The van der Waals surface area contributed by atoms with Crippen LogP contribution in [0.3, 0.4) is 0 Å². The molecule has 2 N–H and O–H groups in total. The van der Waals surface area contributed by atoms with Crippen molar-refractivity contribution < 1.29 is 119 Å². The number of epoxide rings is 3. The summed E-state index contributed by atoms with van der Waals surface area (Å²) < 4.78 is 45.9. The van der Waals surface area contributed by atoms with Gasteiger partial charge in [0, 0.05) is 83.2 Å². The third-order valence-electron chi connectivity index (χ3n) is 14.7. The Bertz CT molecular complexity index is 2200. The van der Waals surface area contributed by atoms with Crippen molar-refractivity contribution in [1.82, 2.24) is 0 Å². The van der Waals surface area contributed by atoms with Crippen molar-refractivity contribution >= 4 is 11.6 Å². The molecule has 3 saturated heterocycles. The molecule has 6 unspecified atom stereocenters. The molecule has 536 valence electrons. The molecule has 0 radical (unpaired) electrons. The molecule has 4 aromatic rings. The molecular weight excluding hydrogens is 1210 g/mol. The van der Waals surface area contributed by atoms with E-state index in [1.165, 1.54) is 56.9 Å². The molecule has 4 aromatic carbocycles. The molecule has 0 aromatic heterocycles. The van der Waals surface area contributed by atoms with Gasteiger partial charge < -0.3 is 58.0 Å². The predicted octanol–water partition coefficient (Wildman–Crippen LogP) is 14.3. The smallest absolute Gasteiger partial charge is 0.854 e. The van der Waals surface area contributed by atoms with Crippen LogP contribution in [-0.4, -0.2) is 147 Å². The molecule has 0 saturated carbocycles. The maximum Gasteiger partial charge on any atom is 1.00 e. The fourth-order valence-corrected chi connectivity index (χ4v) is 9.08. The predicted molar refractivity (Wildman–Crippen MR) is 388 cm³/mol. The number of rotatable bonds is 43. The monoisotopic (exact) mass is 1350 g/mol. The van der Waals surface area contributed by atoms with Crippen LogP contribution in [-0.2, 0) is 44.3 Å². The van der Waals surface area contributed by atoms with E-state index in [9.17, 15) is 19.8 Å². The maximum absolute atomic E-state index is 12.7. The number of aryl methyl sites for hydroxylation is 1. The van der Waals surface area contributed by atoms with Crippen LogP contribution in [0.5, 0.6) is 5.75 Å². The first kappa shape index (κ1) is 102. The summed E-state index contributed by atoms with van der Waals surface area (Å²) >= 11 is 0. The molecule has 0 aliphatic carbocycles. The number of methoxy groups -OCH3 is 3. The SMILES string of the molecule is C.C.C.C.C.C.C=CCOCC(CCCCOC)CCC(CC)CCC(CCCO)CCc1ccc(C(=O)c2ccccc2)cc1.C=CCOCC1CO1.CCC1CO1.COCCCCCO.COCCCCC[O-].O=C(c1ccccc1)c1ccc(OC2CO2)cc1.[K+]. The van der Waals surface area contributed by atoms with E-state index >= 15 is 0 Å². The summed E-state index contributed by atoms with van der Waals surface area (Å²) in [7, 11) is 5.14. The second kappa shape index (κ2) is 71.0. The molecule has 14 nitrogen and oxygen atoms in total. The zero-order valence-corrected chi connectivity index (χ0v) is 58.0. The van der Waals surface area contributed by atoms with Gasteiger partial charge in [-0.1, -0.05) is 200 Å².